The van der Waals surface area contributed by atoms with E-state index in [1.807, 2.05) is 12.1 Å². The number of nitrogens with zero attached hydrogens (tertiary/aromatic N) is 3. The van der Waals surface area contributed by atoms with E-state index < -0.39 is 0 Å². The molecule has 0 spiro atoms. The molecule has 10 aromatic carbocycles. The van der Waals surface area contributed by atoms with Gasteiger partial charge in [-0.25, -0.2) is 15.0 Å². The van der Waals surface area contributed by atoms with E-state index >= 15 is 0 Å². The summed E-state index contributed by atoms with van der Waals surface area (Å²) in [5.41, 5.74) is 9.72. The van der Waals surface area contributed by atoms with Gasteiger partial charge < -0.3 is 0 Å². The molecule has 0 amide bonds. The number of benzene rings is 10. The third-order valence-electron chi connectivity index (χ3n) is 11.3. The summed E-state index contributed by atoms with van der Waals surface area (Å²) >= 11 is 0. The Bertz CT molecular complexity index is 3320. The predicted molar refractivity (Wildman–Crippen MR) is 242 cm³/mol. The van der Waals surface area contributed by atoms with Crippen molar-refractivity contribution in [2.24, 2.45) is 0 Å². The lowest BCUT2D eigenvalue weighted by Gasteiger charge is -2.19. The van der Waals surface area contributed by atoms with Gasteiger partial charge in [-0.15, -0.1) is 0 Å². The summed E-state index contributed by atoms with van der Waals surface area (Å²) in [5, 5.41) is 9.27. The van der Waals surface area contributed by atoms with E-state index in [9.17, 15) is 0 Å². The fourth-order valence-corrected chi connectivity index (χ4v) is 8.56. The average Bonchev–Trinajstić information content (AvgIpc) is 3.31. The first kappa shape index (κ1) is 33.6. The lowest BCUT2D eigenvalue weighted by Crippen LogP contribution is -2.02. The summed E-state index contributed by atoms with van der Waals surface area (Å²) in [6.07, 6.45) is 0. The summed E-state index contributed by atoms with van der Waals surface area (Å²) < 4.78 is 0. The number of aromatic nitrogens is 3. The zero-order valence-electron chi connectivity index (χ0n) is 31.5. The van der Waals surface area contributed by atoms with Crippen molar-refractivity contribution in [1.82, 2.24) is 15.0 Å². The molecule has 0 saturated heterocycles. The molecular formula is C55H35N3. The van der Waals surface area contributed by atoms with Gasteiger partial charge in [-0.1, -0.05) is 206 Å². The van der Waals surface area contributed by atoms with Crippen LogP contribution in [0.4, 0.5) is 0 Å². The van der Waals surface area contributed by atoms with Crippen molar-refractivity contribution in [3.05, 3.63) is 212 Å². The summed E-state index contributed by atoms with van der Waals surface area (Å²) in [4.78, 5) is 16.2. The molecule has 0 N–H and O–H groups in total. The van der Waals surface area contributed by atoms with Crippen molar-refractivity contribution in [3.8, 4) is 67.5 Å². The van der Waals surface area contributed by atoms with Gasteiger partial charge in [-0.05, 0) is 77.2 Å². The lowest BCUT2D eigenvalue weighted by molar-refractivity contribution is 1.08. The molecule has 0 radical (unpaired) electrons. The van der Waals surface area contributed by atoms with Crippen LogP contribution in [0.1, 0.15) is 0 Å². The second kappa shape index (κ2) is 14.1. The first-order valence-electron chi connectivity index (χ1n) is 19.7. The molecule has 0 unspecified atom stereocenters. The minimum absolute atomic E-state index is 0.624. The molecule has 0 bridgehead atoms. The van der Waals surface area contributed by atoms with Crippen LogP contribution in [0.3, 0.4) is 0 Å². The topological polar surface area (TPSA) is 38.7 Å². The third kappa shape index (κ3) is 5.80. The van der Waals surface area contributed by atoms with Crippen LogP contribution >= 0.6 is 0 Å². The van der Waals surface area contributed by atoms with E-state index in [4.69, 9.17) is 15.0 Å². The standard InChI is InChI=1S/C55H35N3/c1-3-15-36(16-4-1)38-27-30-41(31-28-38)53-56-54(48-26-14-11-22-44(48)39-18-5-2-6-19-39)58-55(57-53)52-47-25-13-12-24-46(47)50(43-32-29-37-17-7-8-21-42(37)35-43)49-34-33-40-20-9-10-23-45(40)51(49)52/h1-35H. The zero-order chi connectivity index (χ0) is 38.4. The number of hydrogen-bond acceptors (Lipinski definition) is 3. The molecule has 3 nitrogen and oxygen atoms in total. The molecule has 1 heterocycles. The minimum atomic E-state index is 0.624. The predicted octanol–water partition coefficient (Wildman–Crippen LogP) is 14.5. The monoisotopic (exact) mass is 737 g/mol. The van der Waals surface area contributed by atoms with Gasteiger partial charge in [-0.2, -0.15) is 0 Å². The highest BCUT2D eigenvalue weighted by molar-refractivity contribution is 6.27. The Labute approximate surface area is 336 Å². The van der Waals surface area contributed by atoms with Gasteiger partial charge in [-0.3, -0.25) is 0 Å². The molecule has 0 aliphatic rings. The quantitative estimate of drug-likeness (QED) is 0.126. The van der Waals surface area contributed by atoms with Gasteiger partial charge in [0.05, 0.1) is 0 Å². The van der Waals surface area contributed by atoms with Crippen molar-refractivity contribution < 1.29 is 0 Å². The van der Waals surface area contributed by atoms with E-state index in [1.54, 1.807) is 0 Å². The smallest absolute Gasteiger partial charge is 0.165 e. The van der Waals surface area contributed by atoms with Gasteiger partial charge in [0.1, 0.15) is 0 Å². The Morgan fingerprint density at radius 3 is 1.50 bits per heavy atom. The molecule has 11 aromatic rings. The minimum Gasteiger partial charge on any atom is -0.208 e. The van der Waals surface area contributed by atoms with Crippen molar-refractivity contribution in [2.45, 2.75) is 0 Å². The number of fused-ring (bicyclic) bond motifs is 5. The normalized spacial score (nSPS) is 11.4. The Hall–Kier alpha value is -7.75. The molecule has 270 valence electrons. The van der Waals surface area contributed by atoms with Crippen molar-refractivity contribution in [2.75, 3.05) is 0 Å². The zero-order valence-corrected chi connectivity index (χ0v) is 31.5. The van der Waals surface area contributed by atoms with Crippen molar-refractivity contribution >= 4 is 43.1 Å². The molecule has 58 heavy (non-hydrogen) atoms. The Balaban J connectivity index is 1.23. The Morgan fingerprint density at radius 2 is 0.741 bits per heavy atom. The largest absolute Gasteiger partial charge is 0.208 e. The highest BCUT2D eigenvalue weighted by atomic mass is 15.0. The molecule has 1 aromatic heterocycles. The summed E-state index contributed by atoms with van der Waals surface area (Å²) in [6, 6.07) is 75.3. The van der Waals surface area contributed by atoms with Crippen molar-refractivity contribution in [3.63, 3.8) is 0 Å². The van der Waals surface area contributed by atoms with E-state index in [2.05, 4.69) is 200 Å². The molecule has 0 aliphatic heterocycles. The number of hydrogen-bond donors (Lipinski definition) is 0. The summed E-state index contributed by atoms with van der Waals surface area (Å²) in [6.45, 7) is 0. The molecule has 3 heteroatoms. The van der Waals surface area contributed by atoms with Gasteiger partial charge in [0.25, 0.3) is 0 Å². The molecular weight excluding hydrogens is 703 g/mol. The van der Waals surface area contributed by atoms with Crippen molar-refractivity contribution in [1.29, 1.82) is 0 Å². The first-order chi connectivity index (χ1) is 28.8. The molecule has 11 rings (SSSR count). The van der Waals surface area contributed by atoms with Gasteiger partial charge in [0.15, 0.2) is 17.5 Å². The van der Waals surface area contributed by atoms with E-state index in [0.717, 1.165) is 65.7 Å². The van der Waals surface area contributed by atoms with Crippen LogP contribution in [0, 0.1) is 0 Å². The van der Waals surface area contributed by atoms with Crippen LogP contribution in [0.5, 0.6) is 0 Å². The summed E-state index contributed by atoms with van der Waals surface area (Å²) in [5.74, 6) is 1.89. The molecule has 0 aliphatic carbocycles. The van der Waals surface area contributed by atoms with Crippen LogP contribution in [-0.4, -0.2) is 15.0 Å². The van der Waals surface area contributed by atoms with E-state index in [0.29, 0.717) is 17.5 Å². The maximum Gasteiger partial charge on any atom is 0.165 e. The van der Waals surface area contributed by atoms with Gasteiger partial charge >= 0.3 is 0 Å². The average molecular weight is 738 g/mol. The van der Waals surface area contributed by atoms with E-state index in [-0.39, 0.29) is 0 Å². The van der Waals surface area contributed by atoms with Crippen LogP contribution in [0.2, 0.25) is 0 Å². The third-order valence-corrected chi connectivity index (χ3v) is 11.3. The Kier molecular flexibility index (Phi) is 8.15. The van der Waals surface area contributed by atoms with Crippen LogP contribution in [0.25, 0.3) is 111 Å². The molecule has 0 atom stereocenters. The van der Waals surface area contributed by atoms with Gasteiger partial charge in [0.2, 0.25) is 0 Å². The lowest BCUT2D eigenvalue weighted by atomic mass is 9.85. The molecule has 0 saturated carbocycles. The fourth-order valence-electron chi connectivity index (χ4n) is 8.56. The summed E-state index contributed by atoms with van der Waals surface area (Å²) in [7, 11) is 0. The second-order valence-electron chi connectivity index (χ2n) is 14.7. The van der Waals surface area contributed by atoms with Crippen LogP contribution in [-0.2, 0) is 0 Å². The maximum atomic E-state index is 5.48. The first-order valence-corrected chi connectivity index (χ1v) is 19.7. The highest BCUT2D eigenvalue weighted by Crippen LogP contribution is 2.46. The maximum absolute atomic E-state index is 5.48. The molecule has 0 fully saturated rings. The highest BCUT2D eigenvalue weighted by Gasteiger charge is 2.23. The Morgan fingerprint density at radius 1 is 0.241 bits per heavy atom. The SMILES string of the molecule is c1ccc(-c2ccc(-c3nc(-c4ccccc4-c4ccccc4)nc(-c4c5ccccc5c(-c5ccc6ccccc6c5)c5ccc6ccccc6c45)n3)cc2)cc1. The van der Waals surface area contributed by atoms with E-state index in [1.165, 1.54) is 27.5 Å². The van der Waals surface area contributed by atoms with Gasteiger partial charge in [0, 0.05) is 22.1 Å². The fraction of sp³-hybridized carbons (Fsp3) is 0. The van der Waals surface area contributed by atoms with Crippen LogP contribution < -0.4 is 0 Å². The van der Waals surface area contributed by atoms with Crippen LogP contribution in [0.15, 0.2) is 212 Å². The second-order valence-corrected chi connectivity index (χ2v) is 14.7. The number of rotatable bonds is 6.